The highest BCUT2D eigenvalue weighted by Gasteiger charge is 2.21. The molecule has 1 saturated heterocycles. The topological polar surface area (TPSA) is 61.4 Å². The molecule has 0 bridgehead atoms. The zero-order valence-corrected chi connectivity index (χ0v) is 20.4. The van der Waals surface area contributed by atoms with Crippen LogP contribution in [0.5, 0.6) is 0 Å². The molecule has 0 aliphatic carbocycles. The number of likely N-dealkylation sites (tertiary alicyclic amines) is 1. The van der Waals surface area contributed by atoms with Crippen LogP contribution >= 0.6 is 0 Å². The van der Waals surface area contributed by atoms with Crippen molar-refractivity contribution in [3.05, 3.63) is 54.9 Å². The number of rotatable bonds is 5. The van der Waals surface area contributed by atoms with Crippen molar-refractivity contribution in [1.29, 1.82) is 0 Å². The summed E-state index contributed by atoms with van der Waals surface area (Å²) in [5.74, 6) is 0.154. The number of carbonyl (C=O) groups is 1. The molecule has 1 aliphatic rings. The molecule has 0 spiro atoms. The maximum Gasteiger partial charge on any atom is 0.219 e. The van der Waals surface area contributed by atoms with Gasteiger partial charge in [-0.1, -0.05) is 38.6 Å². The van der Waals surface area contributed by atoms with E-state index < -0.39 is 0 Å². The predicted molar refractivity (Wildman–Crippen MR) is 140 cm³/mol. The number of benzene rings is 2. The lowest BCUT2D eigenvalue weighted by Gasteiger charge is -2.32. The monoisotopic (exact) mass is 445 g/mol. The normalized spacial score (nSPS) is 13.8. The molecular formula is C27H35N5O. The molecule has 1 amide bonds. The van der Waals surface area contributed by atoms with E-state index in [9.17, 15) is 4.79 Å². The van der Waals surface area contributed by atoms with Gasteiger partial charge in [-0.25, -0.2) is 0 Å². The minimum Gasteiger partial charge on any atom is -0.382 e. The highest BCUT2D eigenvalue weighted by atomic mass is 16.2. The van der Waals surface area contributed by atoms with Gasteiger partial charge in [0.2, 0.25) is 5.91 Å². The van der Waals surface area contributed by atoms with Crippen LogP contribution in [0.1, 0.15) is 39.2 Å². The van der Waals surface area contributed by atoms with Gasteiger partial charge in [0.1, 0.15) is 0 Å². The highest BCUT2D eigenvalue weighted by Crippen LogP contribution is 2.34. The molecule has 6 nitrogen and oxygen atoms in total. The van der Waals surface area contributed by atoms with Gasteiger partial charge in [0.25, 0.3) is 0 Å². The van der Waals surface area contributed by atoms with E-state index in [0.717, 1.165) is 65.0 Å². The zero-order chi connectivity index (χ0) is 24.0. The van der Waals surface area contributed by atoms with Crippen LogP contribution < -0.4 is 10.2 Å². The van der Waals surface area contributed by atoms with Crippen molar-refractivity contribution >= 4 is 34.4 Å². The first kappa shape index (κ1) is 24.2. The summed E-state index contributed by atoms with van der Waals surface area (Å²) in [6.45, 7) is 11.2. The smallest absolute Gasteiger partial charge is 0.219 e. The van der Waals surface area contributed by atoms with Crippen LogP contribution in [0, 0.1) is 0 Å². The number of hydrogen-bond acceptors (Lipinski definition) is 5. The van der Waals surface area contributed by atoms with Crippen LogP contribution in [-0.4, -0.2) is 54.0 Å². The number of piperidine rings is 1. The number of fused-ring (bicyclic) bond motifs is 1. The van der Waals surface area contributed by atoms with E-state index in [2.05, 4.69) is 57.1 Å². The Morgan fingerprint density at radius 1 is 1.12 bits per heavy atom. The van der Waals surface area contributed by atoms with Crippen LogP contribution in [0.25, 0.3) is 28.2 Å². The maximum absolute atomic E-state index is 11.6. The maximum atomic E-state index is 11.6. The fraction of sp³-hybridized carbons (Fsp3) is 0.370. The lowest BCUT2D eigenvalue weighted by atomic mass is 9.98. The van der Waals surface area contributed by atoms with Crippen molar-refractivity contribution in [2.24, 2.45) is 0 Å². The third-order valence-corrected chi connectivity index (χ3v) is 5.93. The van der Waals surface area contributed by atoms with Crippen LogP contribution in [0.3, 0.4) is 0 Å². The number of aromatic nitrogens is 2. The molecule has 4 rings (SSSR count). The molecule has 0 saturated carbocycles. The first-order valence-corrected chi connectivity index (χ1v) is 11.7. The second-order valence-corrected chi connectivity index (χ2v) is 8.24. The predicted octanol–water partition coefficient (Wildman–Crippen LogP) is 5.45. The first-order valence-electron chi connectivity index (χ1n) is 11.7. The van der Waals surface area contributed by atoms with Gasteiger partial charge in [-0.15, -0.1) is 0 Å². The molecule has 1 aromatic heterocycles. The van der Waals surface area contributed by atoms with Gasteiger partial charge >= 0.3 is 0 Å². The molecule has 0 radical (unpaired) electrons. The summed E-state index contributed by atoms with van der Waals surface area (Å²) in [6.07, 6.45) is 7.22. The van der Waals surface area contributed by atoms with Crippen molar-refractivity contribution in [3.8, 4) is 11.1 Å². The fourth-order valence-corrected chi connectivity index (χ4v) is 4.22. The van der Waals surface area contributed by atoms with Crippen molar-refractivity contribution < 1.29 is 4.79 Å². The summed E-state index contributed by atoms with van der Waals surface area (Å²) < 4.78 is 0. The van der Waals surface area contributed by atoms with Crippen LogP contribution in [-0.2, 0) is 4.79 Å². The molecule has 2 heterocycles. The second kappa shape index (κ2) is 10.9. The van der Waals surface area contributed by atoms with Gasteiger partial charge < -0.3 is 15.1 Å². The Hall–Kier alpha value is -3.41. The molecule has 33 heavy (non-hydrogen) atoms. The third-order valence-electron chi connectivity index (χ3n) is 5.93. The number of carbonyl (C=O) groups excluding carboxylic acids is 1. The van der Waals surface area contributed by atoms with Crippen molar-refractivity contribution in [3.63, 3.8) is 0 Å². The van der Waals surface area contributed by atoms with Crippen LogP contribution in [0.15, 0.2) is 49.3 Å². The molecule has 1 fully saturated rings. The second-order valence-electron chi connectivity index (χ2n) is 8.24. The molecule has 0 unspecified atom stereocenters. The Balaban J connectivity index is 0.00000149. The Labute approximate surface area is 197 Å². The number of amides is 1. The minimum absolute atomic E-state index is 0.154. The summed E-state index contributed by atoms with van der Waals surface area (Å²) >= 11 is 0. The standard InChI is InChI=1S/C25H29N5O.C2H6/c1-5-18-6-7-19(14-24(18)29(3)4)22-15-21(16-23-25(22)27-11-10-26-23)28-20-8-12-30(13-9-20)17(2)31;1-2/h5-7,10-11,14-16,20,28H,1,8-9,12-13H2,2-4H3;1-2H3. The van der Waals surface area contributed by atoms with Gasteiger partial charge in [-0.05, 0) is 42.2 Å². The molecule has 174 valence electrons. The van der Waals surface area contributed by atoms with E-state index in [4.69, 9.17) is 0 Å². The molecule has 6 heteroatoms. The molecule has 3 aromatic rings. The summed E-state index contributed by atoms with van der Waals surface area (Å²) in [5, 5.41) is 3.67. The quantitative estimate of drug-likeness (QED) is 0.565. The molecule has 1 aliphatic heterocycles. The fourth-order valence-electron chi connectivity index (χ4n) is 4.22. The number of anilines is 2. The Morgan fingerprint density at radius 2 is 1.82 bits per heavy atom. The lowest BCUT2D eigenvalue weighted by molar-refractivity contribution is -0.129. The minimum atomic E-state index is 0.154. The average Bonchev–Trinajstić information content (AvgIpc) is 2.84. The highest BCUT2D eigenvalue weighted by molar-refractivity contribution is 5.95. The van der Waals surface area contributed by atoms with E-state index in [0.29, 0.717) is 6.04 Å². The van der Waals surface area contributed by atoms with Gasteiger partial charge in [0.15, 0.2) is 0 Å². The number of nitrogens with one attached hydrogen (secondary N) is 1. The van der Waals surface area contributed by atoms with Crippen LogP contribution in [0.2, 0.25) is 0 Å². The van der Waals surface area contributed by atoms with Gasteiger partial charge in [-0.3, -0.25) is 14.8 Å². The molecule has 2 aromatic carbocycles. The largest absolute Gasteiger partial charge is 0.382 e. The first-order chi connectivity index (χ1) is 16.0. The van der Waals surface area contributed by atoms with Gasteiger partial charge in [-0.2, -0.15) is 0 Å². The Morgan fingerprint density at radius 3 is 2.45 bits per heavy atom. The molecule has 0 atom stereocenters. The van der Waals surface area contributed by atoms with Crippen molar-refractivity contribution in [2.45, 2.75) is 39.7 Å². The average molecular weight is 446 g/mol. The molecular weight excluding hydrogens is 410 g/mol. The zero-order valence-electron chi connectivity index (χ0n) is 20.4. The summed E-state index contributed by atoms with van der Waals surface area (Å²) in [5.41, 5.74) is 7.12. The van der Waals surface area contributed by atoms with Gasteiger partial charge in [0.05, 0.1) is 11.0 Å². The van der Waals surface area contributed by atoms with Crippen LogP contribution in [0.4, 0.5) is 11.4 Å². The molecule has 1 N–H and O–H groups in total. The Bertz CT molecular complexity index is 1120. The van der Waals surface area contributed by atoms with E-state index in [1.807, 2.05) is 38.9 Å². The van der Waals surface area contributed by atoms with E-state index >= 15 is 0 Å². The Kier molecular flexibility index (Phi) is 8.04. The van der Waals surface area contributed by atoms with E-state index in [1.54, 1.807) is 19.3 Å². The SMILES string of the molecule is C=Cc1ccc(-c2cc(NC3CCN(C(C)=O)CC3)cc3nccnc23)cc1N(C)C.CC. The van der Waals surface area contributed by atoms with Crippen molar-refractivity contribution in [1.82, 2.24) is 14.9 Å². The number of hydrogen-bond donors (Lipinski definition) is 1. The van der Waals surface area contributed by atoms with E-state index in [-0.39, 0.29) is 5.91 Å². The lowest BCUT2D eigenvalue weighted by Crippen LogP contribution is -2.41. The summed E-state index contributed by atoms with van der Waals surface area (Å²) in [6, 6.07) is 10.9. The third kappa shape index (κ3) is 5.51. The van der Waals surface area contributed by atoms with Crippen molar-refractivity contribution in [2.75, 3.05) is 37.4 Å². The van der Waals surface area contributed by atoms with Gasteiger partial charge in [0, 0.05) is 69.5 Å². The number of nitrogens with zero attached hydrogens (tertiary/aromatic N) is 4. The summed E-state index contributed by atoms with van der Waals surface area (Å²) in [4.78, 5) is 24.8. The van der Waals surface area contributed by atoms with E-state index in [1.165, 1.54) is 0 Å². The summed E-state index contributed by atoms with van der Waals surface area (Å²) in [7, 11) is 4.07.